The molecule has 122 valence electrons. The number of hydrogen-bond donors (Lipinski definition) is 1. The first-order valence-electron chi connectivity index (χ1n) is 6.90. The predicted octanol–water partition coefficient (Wildman–Crippen LogP) is 3.44. The Balaban J connectivity index is 1.88. The largest absolute Gasteiger partial charge is 0.363 e. The van der Waals surface area contributed by atoms with Crippen molar-refractivity contribution in [3.63, 3.8) is 0 Å². The van der Waals surface area contributed by atoms with Crippen LogP contribution < -0.4 is 10.9 Å². The average molecular weight is 364 g/mol. The predicted molar refractivity (Wildman–Crippen MR) is 90.7 cm³/mol. The monoisotopic (exact) mass is 363 g/mol. The topological polar surface area (TPSA) is 77.1 Å². The zero-order valence-electron chi connectivity index (χ0n) is 12.2. The molecule has 0 saturated heterocycles. The molecule has 1 aromatic carbocycles. The van der Waals surface area contributed by atoms with Crippen LogP contribution in [-0.2, 0) is 6.54 Å². The van der Waals surface area contributed by atoms with Crippen LogP contribution in [0.5, 0.6) is 0 Å². The quantitative estimate of drug-likeness (QED) is 0.769. The van der Waals surface area contributed by atoms with Gasteiger partial charge in [0.25, 0.3) is 11.5 Å². The van der Waals surface area contributed by atoms with Gasteiger partial charge in [-0.05, 0) is 29.8 Å². The second-order valence-electron chi connectivity index (χ2n) is 4.93. The van der Waals surface area contributed by atoms with E-state index in [0.29, 0.717) is 10.0 Å². The van der Waals surface area contributed by atoms with Crippen molar-refractivity contribution in [2.24, 2.45) is 0 Å². The molecule has 1 N–H and O–H groups in total. The van der Waals surface area contributed by atoms with Crippen LogP contribution in [0, 0.1) is 0 Å². The van der Waals surface area contributed by atoms with Crippen LogP contribution in [0.4, 0.5) is 5.82 Å². The van der Waals surface area contributed by atoms with E-state index in [1.807, 2.05) is 0 Å². The summed E-state index contributed by atoms with van der Waals surface area (Å²) in [5, 5.41) is 7.03. The number of amides is 1. The number of nitrogens with zero attached hydrogens (tertiary/aromatic N) is 2. The lowest BCUT2D eigenvalue weighted by Crippen LogP contribution is -2.29. The van der Waals surface area contributed by atoms with Crippen molar-refractivity contribution in [1.82, 2.24) is 9.72 Å². The summed E-state index contributed by atoms with van der Waals surface area (Å²) in [5.74, 6) is -0.332. The maximum absolute atomic E-state index is 12.5. The summed E-state index contributed by atoms with van der Waals surface area (Å²) in [6.45, 7) is 0.222. The summed E-state index contributed by atoms with van der Waals surface area (Å²) in [6.07, 6.45) is 2.90. The van der Waals surface area contributed by atoms with Crippen LogP contribution in [0.15, 0.2) is 58.2 Å². The number of benzene rings is 1. The molecule has 2 aromatic heterocycles. The standard InChI is InChI=1S/C16H11Cl2N3O3/c17-11-4-3-10(13(18)8-11)9-21-6-1-2-12(16(21)23)15(22)19-14-5-7-24-20-14/h1-8H,9H2,(H,19,20,22). The summed E-state index contributed by atoms with van der Waals surface area (Å²) < 4.78 is 6.03. The summed E-state index contributed by atoms with van der Waals surface area (Å²) in [7, 11) is 0. The summed E-state index contributed by atoms with van der Waals surface area (Å²) in [4.78, 5) is 24.7. The maximum atomic E-state index is 12.5. The van der Waals surface area contributed by atoms with E-state index in [1.54, 1.807) is 30.5 Å². The number of halogens is 2. The maximum Gasteiger partial charge on any atom is 0.263 e. The van der Waals surface area contributed by atoms with Gasteiger partial charge in [-0.2, -0.15) is 0 Å². The van der Waals surface area contributed by atoms with Crippen molar-refractivity contribution in [2.75, 3.05) is 5.32 Å². The highest BCUT2D eigenvalue weighted by Gasteiger charge is 2.14. The third-order valence-electron chi connectivity index (χ3n) is 3.30. The number of rotatable bonds is 4. The molecular formula is C16H11Cl2N3O3. The van der Waals surface area contributed by atoms with Crippen LogP contribution >= 0.6 is 23.2 Å². The van der Waals surface area contributed by atoms with Gasteiger partial charge in [-0.25, -0.2) is 0 Å². The zero-order chi connectivity index (χ0) is 17.1. The van der Waals surface area contributed by atoms with Crippen molar-refractivity contribution < 1.29 is 9.32 Å². The van der Waals surface area contributed by atoms with Gasteiger partial charge in [0.2, 0.25) is 0 Å². The van der Waals surface area contributed by atoms with Crippen molar-refractivity contribution >= 4 is 34.9 Å². The Morgan fingerprint density at radius 1 is 1.25 bits per heavy atom. The van der Waals surface area contributed by atoms with E-state index in [2.05, 4.69) is 15.0 Å². The molecule has 3 rings (SSSR count). The molecule has 0 radical (unpaired) electrons. The van der Waals surface area contributed by atoms with Crippen LogP contribution in [0.2, 0.25) is 10.0 Å². The molecule has 0 unspecified atom stereocenters. The third kappa shape index (κ3) is 3.50. The highest BCUT2D eigenvalue weighted by atomic mass is 35.5. The highest BCUT2D eigenvalue weighted by molar-refractivity contribution is 6.35. The van der Waals surface area contributed by atoms with E-state index in [9.17, 15) is 9.59 Å². The SMILES string of the molecule is O=C(Nc1ccon1)c1cccn(Cc2ccc(Cl)cc2Cl)c1=O. The fourth-order valence-corrected chi connectivity index (χ4v) is 2.60. The van der Waals surface area contributed by atoms with E-state index in [1.165, 1.54) is 23.0 Å². The van der Waals surface area contributed by atoms with Gasteiger partial charge in [-0.15, -0.1) is 0 Å². The van der Waals surface area contributed by atoms with Gasteiger partial charge in [0.05, 0.1) is 6.54 Å². The zero-order valence-corrected chi connectivity index (χ0v) is 13.7. The van der Waals surface area contributed by atoms with E-state index in [-0.39, 0.29) is 17.9 Å². The highest BCUT2D eigenvalue weighted by Crippen LogP contribution is 2.21. The number of anilines is 1. The van der Waals surface area contributed by atoms with Crippen molar-refractivity contribution in [3.8, 4) is 0 Å². The third-order valence-corrected chi connectivity index (χ3v) is 3.89. The Bertz CT molecular complexity index is 936. The molecule has 24 heavy (non-hydrogen) atoms. The van der Waals surface area contributed by atoms with Crippen LogP contribution in [0.25, 0.3) is 0 Å². The molecule has 0 aliphatic rings. The van der Waals surface area contributed by atoms with Crippen LogP contribution in [-0.4, -0.2) is 15.6 Å². The molecule has 0 bridgehead atoms. The number of carbonyl (C=O) groups is 1. The summed E-state index contributed by atoms with van der Waals surface area (Å²) in [6, 6.07) is 9.56. The molecule has 6 nitrogen and oxygen atoms in total. The first-order valence-corrected chi connectivity index (χ1v) is 7.65. The van der Waals surface area contributed by atoms with E-state index < -0.39 is 11.5 Å². The Morgan fingerprint density at radius 2 is 2.08 bits per heavy atom. The number of nitrogens with one attached hydrogen (secondary N) is 1. The molecule has 1 amide bonds. The summed E-state index contributed by atoms with van der Waals surface area (Å²) in [5.41, 5.74) is 0.271. The number of pyridine rings is 1. The molecule has 3 aromatic rings. The molecule has 0 aliphatic heterocycles. The molecule has 0 saturated carbocycles. The Kier molecular flexibility index (Phi) is 4.69. The van der Waals surface area contributed by atoms with E-state index in [0.717, 1.165) is 5.56 Å². The van der Waals surface area contributed by atoms with Crippen LogP contribution in [0.3, 0.4) is 0 Å². The van der Waals surface area contributed by atoms with Crippen LogP contribution in [0.1, 0.15) is 15.9 Å². The summed E-state index contributed by atoms with van der Waals surface area (Å²) >= 11 is 12.0. The molecule has 0 spiro atoms. The first-order chi connectivity index (χ1) is 11.5. The number of aromatic nitrogens is 2. The van der Waals surface area contributed by atoms with Gasteiger partial charge < -0.3 is 14.4 Å². The molecule has 0 aliphatic carbocycles. The molecule has 0 atom stereocenters. The van der Waals surface area contributed by atoms with Gasteiger partial charge in [-0.3, -0.25) is 9.59 Å². The second-order valence-corrected chi connectivity index (χ2v) is 5.77. The molecular weight excluding hydrogens is 353 g/mol. The van der Waals surface area contributed by atoms with Crippen molar-refractivity contribution in [2.45, 2.75) is 6.54 Å². The van der Waals surface area contributed by atoms with Gasteiger partial charge in [0, 0.05) is 22.3 Å². The molecule has 8 heteroatoms. The van der Waals surface area contributed by atoms with Gasteiger partial charge in [0.1, 0.15) is 11.8 Å². The fraction of sp³-hybridized carbons (Fsp3) is 0.0625. The lowest BCUT2D eigenvalue weighted by Gasteiger charge is -2.09. The lowest BCUT2D eigenvalue weighted by molar-refractivity contribution is 0.102. The van der Waals surface area contributed by atoms with Crippen molar-refractivity contribution in [1.29, 1.82) is 0 Å². The smallest absolute Gasteiger partial charge is 0.263 e. The molecule has 0 fully saturated rings. The van der Waals surface area contributed by atoms with Crippen molar-refractivity contribution in [3.05, 3.63) is 80.4 Å². The average Bonchev–Trinajstić information content (AvgIpc) is 3.04. The number of carbonyl (C=O) groups excluding carboxylic acids is 1. The van der Waals surface area contributed by atoms with Gasteiger partial charge in [0.15, 0.2) is 5.82 Å². The minimum atomic E-state index is -0.564. The fourth-order valence-electron chi connectivity index (χ4n) is 2.13. The van der Waals surface area contributed by atoms with E-state index >= 15 is 0 Å². The van der Waals surface area contributed by atoms with Gasteiger partial charge >= 0.3 is 0 Å². The van der Waals surface area contributed by atoms with Gasteiger partial charge in [-0.1, -0.05) is 34.4 Å². The molecule has 2 heterocycles. The normalized spacial score (nSPS) is 10.6. The minimum absolute atomic E-state index is 0.00872. The first kappa shape index (κ1) is 16.3. The second kappa shape index (κ2) is 6.90. The lowest BCUT2D eigenvalue weighted by atomic mass is 10.2. The number of hydrogen-bond acceptors (Lipinski definition) is 4. The van der Waals surface area contributed by atoms with E-state index in [4.69, 9.17) is 23.2 Å². The Morgan fingerprint density at radius 3 is 2.79 bits per heavy atom. The Labute approximate surface area is 146 Å². The Hall–Kier alpha value is -2.57. The minimum Gasteiger partial charge on any atom is -0.363 e.